The van der Waals surface area contributed by atoms with Gasteiger partial charge in [-0.15, -0.1) is 11.3 Å². The minimum absolute atomic E-state index is 0.164. The summed E-state index contributed by atoms with van der Waals surface area (Å²) in [6.07, 6.45) is 0. The fourth-order valence-electron chi connectivity index (χ4n) is 2.36. The molecule has 2 amide bonds. The summed E-state index contributed by atoms with van der Waals surface area (Å²) in [5.74, 6) is 0.000280. The molecular formula is C19H18N2O3S. The molecule has 3 rings (SSSR count). The third-order valence-corrected chi connectivity index (χ3v) is 4.59. The van der Waals surface area contributed by atoms with Crippen LogP contribution >= 0.6 is 11.3 Å². The zero-order valence-corrected chi connectivity index (χ0v) is 14.5. The molecule has 0 radical (unpaired) electrons. The molecule has 1 atom stereocenters. The molecule has 1 unspecified atom stereocenters. The van der Waals surface area contributed by atoms with Gasteiger partial charge in [0, 0.05) is 0 Å². The molecule has 0 spiro atoms. The molecule has 0 aliphatic carbocycles. The van der Waals surface area contributed by atoms with Crippen LogP contribution in [0.4, 0.5) is 0 Å². The zero-order chi connectivity index (χ0) is 17.6. The topological polar surface area (TPSA) is 71.3 Å². The summed E-state index contributed by atoms with van der Waals surface area (Å²) < 4.78 is 5.67. The molecule has 128 valence electrons. The van der Waals surface area contributed by atoms with Crippen LogP contribution in [-0.2, 0) is 16.1 Å². The highest BCUT2D eigenvalue weighted by Gasteiger charge is 2.17. The number of furan rings is 1. The van der Waals surface area contributed by atoms with Crippen LogP contribution in [0.25, 0.3) is 10.6 Å². The maximum absolute atomic E-state index is 12.0. The average Bonchev–Trinajstić information content (AvgIpc) is 3.31. The lowest BCUT2D eigenvalue weighted by atomic mass is 10.1. The summed E-state index contributed by atoms with van der Waals surface area (Å²) >= 11 is 1.58. The molecule has 0 saturated heterocycles. The van der Waals surface area contributed by atoms with Crippen molar-refractivity contribution in [2.75, 3.05) is 0 Å². The van der Waals surface area contributed by atoms with Crippen molar-refractivity contribution in [3.05, 3.63) is 71.3 Å². The van der Waals surface area contributed by atoms with Crippen molar-refractivity contribution in [1.82, 2.24) is 10.6 Å². The van der Waals surface area contributed by atoms with Gasteiger partial charge in [0.25, 0.3) is 0 Å². The fraction of sp³-hybridized carbons (Fsp3) is 0.158. The first-order valence-corrected chi connectivity index (χ1v) is 8.77. The normalized spacial score (nSPS) is 11.7. The highest BCUT2D eigenvalue weighted by atomic mass is 32.1. The summed E-state index contributed by atoms with van der Waals surface area (Å²) in [5, 5.41) is 7.22. The summed E-state index contributed by atoms with van der Waals surface area (Å²) in [6, 6.07) is 16.8. The van der Waals surface area contributed by atoms with Gasteiger partial charge in [0.2, 0.25) is 0 Å². The average molecular weight is 354 g/mol. The van der Waals surface area contributed by atoms with Gasteiger partial charge >= 0.3 is 11.8 Å². The Labute approximate surface area is 149 Å². The number of benzene rings is 1. The molecule has 2 N–H and O–H groups in total. The Morgan fingerprint density at radius 2 is 1.84 bits per heavy atom. The second-order valence-corrected chi connectivity index (χ2v) is 6.48. The van der Waals surface area contributed by atoms with E-state index >= 15 is 0 Å². The Kier molecular flexibility index (Phi) is 5.30. The number of thiophene rings is 1. The van der Waals surface area contributed by atoms with Gasteiger partial charge < -0.3 is 15.1 Å². The molecule has 1 aromatic carbocycles. The molecule has 0 aliphatic rings. The van der Waals surface area contributed by atoms with Crippen molar-refractivity contribution in [2.45, 2.75) is 19.5 Å². The van der Waals surface area contributed by atoms with E-state index in [2.05, 4.69) is 10.6 Å². The van der Waals surface area contributed by atoms with Crippen molar-refractivity contribution in [1.29, 1.82) is 0 Å². The Morgan fingerprint density at radius 1 is 1.04 bits per heavy atom. The van der Waals surface area contributed by atoms with E-state index in [-0.39, 0.29) is 12.6 Å². The van der Waals surface area contributed by atoms with Gasteiger partial charge in [-0.2, -0.15) is 0 Å². The molecule has 3 aromatic rings. The molecule has 5 nitrogen and oxygen atoms in total. The van der Waals surface area contributed by atoms with E-state index in [1.165, 1.54) is 0 Å². The van der Waals surface area contributed by atoms with Gasteiger partial charge in [0.05, 0.1) is 17.5 Å². The van der Waals surface area contributed by atoms with Gasteiger partial charge in [-0.3, -0.25) is 9.59 Å². The third-order valence-electron chi connectivity index (χ3n) is 3.70. The summed E-state index contributed by atoms with van der Waals surface area (Å²) in [7, 11) is 0. The van der Waals surface area contributed by atoms with Crippen molar-refractivity contribution < 1.29 is 14.0 Å². The lowest BCUT2D eigenvalue weighted by Crippen LogP contribution is -2.40. The number of rotatable bonds is 5. The number of hydrogen-bond donors (Lipinski definition) is 2. The molecule has 0 aliphatic heterocycles. The van der Waals surface area contributed by atoms with Gasteiger partial charge in [0.15, 0.2) is 0 Å². The largest absolute Gasteiger partial charge is 0.458 e. The number of hydrogen-bond acceptors (Lipinski definition) is 4. The lowest BCUT2D eigenvalue weighted by Gasteiger charge is -2.13. The van der Waals surface area contributed by atoms with Crippen LogP contribution in [0, 0.1) is 0 Å². The second-order valence-electron chi connectivity index (χ2n) is 5.53. The maximum Gasteiger partial charge on any atom is 0.309 e. The third kappa shape index (κ3) is 4.36. The summed E-state index contributed by atoms with van der Waals surface area (Å²) in [5.41, 5.74) is 0.940. The number of amides is 2. The predicted molar refractivity (Wildman–Crippen MR) is 96.9 cm³/mol. The molecule has 25 heavy (non-hydrogen) atoms. The molecular weight excluding hydrogens is 336 g/mol. The molecule has 2 heterocycles. The molecule has 6 heteroatoms. The van der Waals surface area contributed by atoms with E-state index < -0.39 is 11.8 Å². The van der Waals surface area contributed by atoms with Crippen LogP contribution < -0.4 is 10.6 Å². The number of nitrogens with one attached hydrogen (secondary N) is 2. The van der Waals surface area contributed by atoms with Gasteiger partial charge in [0.1, 0.15) is 11.5 Å². The second kappa shape index (κ2) is 7.81. The highest BCUT2D eigenvalue weighted by Crippen LogP contribution is 2.26. The highest BCUT2D eigenvalue weighted by molar-refractivity contribution is 7.13. The summed E-state index contributed by atoms with van der Waals surface area (Å²) in [6.45, 7) is 2.00. The predicted octanol–water partition coefficient (Wildman–Crippen LogP) is 3.50. The van der Waals surface area contributed by atoms with Crippen LogP contribution in [0.2, 0.25) is 0 Å². The van der Waals surface area contributed by atoms with E-state index in [4.69, 9.17) is 4.42 Å². The first-order valence-electron chi connectivity index (χ1n) is 7.89. The maximum atomic E-state index is 12.0. The van der Waals surface area contributed by atoms with Crippen molar-refractivity contribution >= 4 is 23.2 Å². The van der Waals surface area contributed by atoms with Crippen molar-refractivity contribution in [3.63, 3.8) is 0 Å². The smallest absolute Gasteiger partial charge is 0.309 e. The van der Waals surface area contributed by atoms with Crippen LogP contribution in [0.1, 0.15) is 24.3 Å². The quantitative estimate of drug-likeness (QED) is 0.689. The summed E-state index contributed by atoms with van der Waals surface area (Å²) in [4.78, 5) is 25.0. The minimum Gasteiger partial charge on any atom is -0.458 e. The Hall–Kier alpha value is -2.86. The van der Waals surface area contributed by atoms with Crippen LogP contribution in [0.3, 0.4) is 0 Å². The van der Waals surface area contributed by atoms with Crippen molar-refractivity contribution in [3.8, 4) is 10.6 Å². The van der Waals surface area contributed by atoms with Crippen molar-refractivity contribution in [2.24, 2.45) is 0 Å². The van der Waals surface area contributed by atoms with E-state index in [1.54, 1.807) is 17.4 Å². The van der Waals surface area contributed by atoms with E-state index in [9.17, 15) is 9.59 Å². The van der Waals surface area contributed by atoms with E-state index in [1.807, 2.05) is 60.8 Å². The number of carbonyl (C=O) groups is 2. The molecule has 0 fully saturated rings. The van der Waals surface area contributed by atoms with E-state index in [0.717, 1.165) is 16.2 Å². The minimum atomic E-state index is -0.683. The fourth-order valence-corrected chi connectivity index (χ4v) is 3.05. The monoisotopic (exact) mass is 354 g/mol. The molecule has 2 aromatic heterocycles. The SMILES string of the molecule is CC(NC(=O)C(=O)NCc1ccc(-c2cccs2)o1)c1ccccc1. The number of carbonyl (C=O) groups excluding carboxylic acids is 2. The first-order chi connectivity index (χ1) is 12.1. The molecule has 0 bridgehead atoms. The zero-order valence-electron chi connectivity index (χ0n) is 13.7. The van der Waals surface area contributed by atoms with Gasteiger partial charge in [-0.1, -0.05) is 36.4 Å². The lowest BCUT2D eigenvalue weighted by molar-refractivity contribution is -0.139. The Balaban J connectivity index is 1.51. The van der Waals surface area contributed by atoms with Crippen LogP contribution in [0.15, 0.2) is 64.4 Å². The van der Waals surface area contributed by atoms with Crippen LogP contribution in [-0.4, -0.2) is 11.8 Å². The van der Waals surface area contributed by atoms with Gasteiger partial charge in [-0.25, -0.2) is 0 Å². The Bertz CT molecular complexity index is 841. The first kappa shape index (κ1) is 17.0. The Morgan fingerprint density at radius 3 is 2.56 bits per heavy atom. The van der Waals surface area contributed by atoms with Gasteiger partial charge in [-0.05, 0) is 36.1 Å². The van der Waals surface area contributed by atoms with Crippen LogP contribution in [0.5, 0.6) is 0 Å². The standard InChI is InChI=1S/C19H18N2O3S/c1-13(14-6-3-2-4-7-14)21-19(23)18(22)20-12-15-9-10-16(24-15)17-8-5-11-25-17/h2-11,13H,12H2,1H3,(H,20,22)(H,21,23). The molecule has 0 saturated carbocycles. The van der Waals surface area contributed by atoms with E-state index in [0.29, 0.717) is 5.76 Å².